The molecule has 2 aliphatic heterocycles. The lowest BCUT2D eigenvalue weighted by Crippen LogP contribution is -2.71. The maximum absolute atomic E-state index is 6.71. The highest BCUT2D eigenvalue weighted by atomic mass is 28.3. The van der Waals surface area contributed by atoms with E-state index < -0.39 is 17.6 Å². The first kappa shape index (κ1) is 19.6. The predicted molar refractivity (Wildman–Crippen MR) is 103 cm³/mol. The normalized spacial score (nSPS) is 33.8. The Kier molecular flexibility index (Phi) is 7.76. The molecule has 0 aromatic heterocycles. The summed E-state index contributed by atoms with van der Waals surface area (Å²) in [5.74, 6) is 0. The number of hydrogen-bond acceptors (Lipinski definition) is 4. The van der Waals surface area contributed by atoms with Gasteiger partial charge in [0.25, 0.3) is 0 Å². The minimum Gasteiger partial charge on any atom is -0.376 e. The van der Waals surface area contributed by atoms with Gasteiger partial charge >= 0.3 is 0 Å². The second-order valence-corrected chi connectivity index (χ2v) is 14.3. The molecule has 3 N–H and O–H groups in total. The van der Waals surface area contributed by atoms with Crippen molar-refractivity contribution in [3.63, 3.8) is 0 Å². The molecule has 2 saturated heterocycles. The third-order valence-corrected chi connectivity index (χ3v) is 13.1. The largest absolute Gasteiger partial charge is 0.376 e. The highest BCUT2D eigenvalue weighted by Gasteiger charge is 2.58. The molecule has 0 spiro atoms. The molecule has 0 aromatic carbocycles. The zero-order valence-electron chi connectivity index (χ0n) is 15.5. The Morgan fingerprint density at radius 2 is 1.57 bits per heavy atom. The van der Waals surface area contributed by atoms with Crippen molar-refractivity contribution in [2.75, 3.05) is 26.4 Å². The molecule has 0 saturated carbocycles. The quantitative estimate of drug-likeness (QED) is 0.397. The average molecular weight is 359 g/mol. The molecule has 0 bridgehead atoms. The first-order valence-corrected chi connectivity index (χ1v) is 15.2. The van der Waals surface area contributed by atoms with Gasteiger partial charge in [-0.25, -0.2) is 0 Å². The lowest BCUT2D eigenvalue weighted by atomic mass is 9.96. The summed E-state index contributed by atoms with van der Waals surface area (Å²) in [6.07, 6.45) is 8.83. The molecule has 3 unspecified atom stereocenters. The van der Waals surface area contributed by atoms with Crippen molar-refractivity contribution in [2.24, 2.45) is 5.73 Å². The Morgan fingerprint density at radius 3 is 2.04 bits per heavy atom. The molecule has 23 heavy (non-hydrogen) atoms. The summed E-state index contributed by atoms with van der Waals surface area (Å²) in [5, 5.41) is 3.46. The highest BCUT2D eigenvalue weighted by Crippen LogP contribution is 2.47. The molecule has 4 nitrogen and oxygen atoms in total. The molecular weight excluding hydrogens is 320 g/mol. The van der Waals surface area contributed by atoms with E-state index >= 15 is 0 Å². The van der Waals surface area contributed by atoms with Crippen LogP contribution in [0.4, 0.5) is 0 Å². The minimum atomic E-state index is -1.05. The van der Waals surface area contributed by atoms with Gasteiger partial charge in [-0.05, 0) is 51.5 Å². The Balaban J connectivity index is 2.19. The van der Waals surface area contributed by atoms with E-state index in [1.807, 2.05) is 0 Å². The molecule has 0 radical (unpaired) electrons. The summed E-state index contributed by atoms with van der Waals surface area (Å²) in [7, 11) is -2.03. The van der Waals surface area contributed by atoms with Gasteiger partial charge < -0.3 is 20.5 Å². The van der Waals surface area contributed by atoms with E-state index in [-0.39, 0.29) is 10.4 Å². The Labute approximate surface area is 146 Å². The van der Waals surface area contributed by atoms with E-state index in [1.54, 1.807) is 0 Å². The van der Waals surface area contributed by atoms with E-state index in [1.165, 1.54) is 51.0 Å². The zero-order valence-corrected chi connectivity index (χ0v) is 17.8. The van der Waals surface area contributed by atoms with Crippen LogP contribution in [0.2, 0.25) is 25.7 Å². The number of nitrogens with one attached hydrogen (secondary N) is 1. The highest BCUT2D eigenvalue weighted by molar-refractivity contribution is 6.67. The molecule has 2 rings (SSSR count). The van der Waals surface area contributed by atoms with Gasteiger partial charge in [-0.2, -0.15) is 0 Å². The molecule has 0 amide bonds. The van der Waals surface area contributed by atoms with Crippen LogP contribution in [0.25, 0.3) is 0 Å². The van der Waals surface area contributed by atoms with Gasteiger partial charge in [-0.3, -0.25) is 0 Å². The van der Waals surface area contributed by atoms with Crippen LogP contribution in [0.5, 0.6) is 0 Å². The molecule has 2 aliphatic rings. The fourth-order valence-electron chi connectivity index (χ4n) is 4.92. The minimum absolute atomic E-state index is 0.0920. The van der Waals surface area contributed by atoms with E-state index in [2.05, 4.69) is 25.0 Å². The van der Waals surface area contributed by atoms with E-state index in [4.69, 9.17) is 15.2 Å². The van der Waals surface area contributed by atoms with E-state index in [0.29, 0.717) is 6.67 Å². The first-order valence-electron chi connectivity index (χ1n) is 9.78. The average Bonchev–Trinajstić information content (AvgIpc) is 2.59. The van der Waals surface area contributed by atoms with Crippen LogP contribution in [-0.4, -0.2) is 54.5 Å². The van der Waals surface area contributed by atoms with Crippen molar-refractivity contribution in [2.45, 2.75) is 81.1 Å². The van der Waals surface area contributed by atoms with Gasteiger partial charge in [0, 0.05) is 19.9 Å². The van der Waals surface area contributed by atoms with Crippen molar-refractivity contribution < 1.29 is 9.47 Å². The SMILES string of the molecule is C[SiH](C)C1(C2([SiH](C)CCCNCN)CCCCO2)CCCCO1. The van der Waals surface area contributed by atoms with Gasteiger partial charge in [0.15, 0.2) is 0 Å². The van der Waals surface area contributed by atoms with Crippen molar-refractivity contribution in [1.29, 1.82) is 0 Å². The smallest absolute Gasteiger partial charge is 0.0800 e. The molecule has 136 valence electrons. The molecule has 3 atom stereocenters. The van der Waals surface area contributed by atoms with Crippen molar-refractivity contribution in [3.8, 4) is 0 Å². The summed E-state index contributed by atoms with van der Waals surface area (Å²) in [4.78, 5) is 0. The first-order chi connectivity index (χ1) is 11.1. The lowest BCUT2D eigenvalue weighted by Gasteiger charge is -2.58. The number of ether oxygens (including phenoxy) is 2. The van der Waals surface area contributed by atoms with Crippen LogP contribution in [-0.2, 0) is 9.47 Å². The molecule has 2 fully saturated rings. The lowest BCUT2D eigenvalue weighted by molar-refractivity contribution is -0.164. The Morgan fingerprint density at radius 1 is 0.957 bits per heavy atom. The summed E-state index contributed by atoms with van der Waals surface area (Å²) in [5.41, 5.74) is 5.55. The Hall–Kier alpha value is 0.274. The van der Waals surface area contributed by atoms with Gasteiger partial charge in [0.2, 0.25) is 0 Å². The molecule has 0 aliphatic carbocycles. The molecular formula is C17H38N2O2Si2. The van der Waals surface area contributed by atoms with Crippen molar-refractivity contribution in [1.82, 2.24) is 5.32 Å². The fourth-order valence-corrected chi connectivity index (χ4v) is 12.7. The zero-order chi connectivity index (χ0) is 16.8. The third-order valence-electron chi connectivity index (χ3n) is 6.18. The standard InChI is InChI=1S/C17H38N2O2Si2/c1-22(2)16(9-4-6-12-20-16)17(10-5-7-13-21-17)23(3)14-8-11-19-15-18/h19,22-23H,4-15,18H2,1-3H3. The van der Waals surface area contributed by atoms with Crippen LogP contribution in [0.15, 0.2) is 0 Å². The second kappa shape index (κ2) is 9.10. The maximum atomic E-state index is 6.71. The van der Waals surface area contributed by atoms with Crippen LogP contribution >= 0.6 is 0 Å². The van der Waals surface area contributed by atoms with Gasteiger partial charge in [0.05, 0.1) is 28.0 Å². The summed E-state index contributed by atoms with van der Waals surface area (Å²) >= 11 is 0. The third kappa shape index (κ3) is 4.10. The fraction of sp³-hybridized carbons (Fsp3) is 1.00. The molecule has 0 aromatic rings. The van der Waals surface area contributed by atoms with Crippen LogP contribution in [0.1, 0.15) is 44.9 Å². The molecule has 2 heterocycles. The van der Waals surface area contributed by atoms with Crippen molar-refractivity contribution >= 4 is 17.6 Å². The molecule has 6 heteroatoms. The van der Waals surface area contributed by atoms with E-state index in [0.717, 1.165) is 19.8 Å². The number of nitrogens with two attached hydrogens (primary N) is 1. The van der Waals surface area contributed by atoms with Crippen LogP contribution < -0.4 is 11.1 Å². The number of hydrogen-bond donors (Lipinski definition) is 2. The van der Waals surface area contributed by atoms with Crippen molar-refractivity contribution in [3.05, 3.63) is 0 Å². The monoisotopic (exact) mass is 358 g/mol. The Bertz CT molecular complexity index is 343. The second-order valence-electron chi connectivity index (χ2n) is 7.79. The predicted octanol–water partition coefficient (Wildman–Crippen LogP) is 2.18. The van der Waals surface area contributed by atoms with Crippen LogP contribution in [0.3, 0.4) is 0 Å². The summed E-state index contributed by atoms with van der Waals surface area (Å²) < 4.78 is 13.4. The van der Waals surface area contributed by atoms with Gasteiger partial charge in [-0.1, -0.05) is 25.7 Å². The summed E-state index contributed by atoms with van der Waals surface area (Å²) in [6.45, 7) is 11.0. The topological polar surface area (TPSA) is 56.5 Å². The number of rotatable bonds is 8. The summed E-state index contributed by atoms with van der Waals surface area (Å²) in [6, 6.07) is 1.33. The van der Waals surface area contributed by atoms with Gasteiger partial charge in [0.1, 0.15) is 0 Å². The van der Waals surface area contributed by atoms with Gasteiger partial charge in [-0.15, -0.1) is 0 Å². The van der Waals surface area contributed by atoms with Crippen LogP contribution in [0, 0.1) is 0 Å². The van der Waals surface area contributed by atoms with E-state index in [9.17, 15) is 0 Å². The maximum Gasteiger partial charge on any atom is 0.0800 e.